The third kappa shape index (κ3) is 3.55. The monoisotopic (exact) mass is 343 g/mol. The quantitative estimate of drug-likeness (QED) is 0.414. The fourth-order valence-electron chi connectivity index (χ4n) is 2.39. The van der Waals surface area contributed by atoms with E-state index in [-0.39, 0.29) is 11.4 Å². The summed E-state index contributed by atoms with van der Waals surface area (Å²) in [5.41, 5.74) is 9.09. The Morgan fingerprint density at radius 3 is 2.12 bits per heavy atom. The Bertz CT molecular complexity index is 965. The number of nitrogens with one attached hydrogen (secondary N) is 1. The first-order valence-corrected chi connectivity index (χ1v) is 7.31. The number of nitrogen functional groups attached to an aromatic ring is 1. The zero-order valence-electron chi connectivity index (χ0n) is 13.9. The van der Waals surface area contributed by atoms with Crippen LogP contribution in [0.15, 0.2) is 30.5 Å². The van der Waals surface area contributed by atoms with Crippen LogP contribution in [-0.2, 0) is 0 Å². The Kier molecular flexibility index (Phi) is 4.97. The summed E-state index contributed by atoms with van der Waals surface area (Å²) >= 11 is 0. The van der Waals surface area contributed by atoms with Gasteiger partial charge in [-0.3, -0.25) is 25.3 Å². The Balaban J connectivity index is 0.000000181. The molecule has 0 atom stereocenters. The molecule has 0 radical (unpaired) electrons. The molecule has 1 aromatic heterocycles. The molecule has 25 heavy (non-hydrogen) atoms. The Labute approximate surface area is 142 Å². The molecule has 0 saturated heterocycles. The smallest absolute Gasteiger partial charge is 0.274 e. The standard InChI is InChI=1S/C8H7N3O2.C8H10N2O2/c1-5-7(11(12)13)3-2-6-4-9-10-8(5)6;1-5-3-4-7(10(11)12)6(2)8(5)9/h2-4H,1H3,(H,9,10);3-4H,9H2,1-2H3. The number of H-pyrrole nitrogens is 1. The van der Waals surface area contributed by atoms with Crippen LogP contribution in [0.25, 0.3) is 10.9 Å². The molecule has 1 heterocycles. The summed E-state index contributed by atoms with van der Waals surface area (Å²) in [6.07, 6.45) is 1.64. The Hall–Kier alpha value is -3.49. The summed E-state index contributed by atoms with van der Waals surface area (Å²) < 4.78 is 0. The number of anilines is 1. The van der Waals surface area contributed by atoms with Crippen molar-refractivity contribution in [1.82, 2.24) is 10.2 Å². The number of hydrogen-bond acceptors (Lipinski definition) is 6. The molecular formula is C16H17N5O4. The first-order valence-electron chi connectivity index (χ1n) is 7.31. The molecule has 0 fully saturated rings. The second-order valence-corrected chi connectivity index (χ2v) is 5.50. The summed E-state index contributed by atoms with van der Waals surface area (Å²) in [6.45, 7) is 5.19. The number of benzene rings is 2. The van der Waals surface area contributed by atoms with Crippen LogP contribution in [-0.4, -0.2) is 20.0 Å². The highest BCUT2D eigenvalue weighted by Crippen LogP contribution is 2.26. The van der Waals surface area contributed by atoms with Crippen molar-refractivity contribution in [3.63, 3.8) is 0 Å². The fourth-order valence-corrected chi connectivity index (χ4v) is 2.39. The molecular weight excluding hydrogens is 326 g/mol. The predicted molar refractivity (Wildman–Crippen MR) is 94.5 cm³/mol. The van der Waals surface area contributed by atoms with Crippen molar-refractivity contribution in [3.8, 4) is 0 Å². The summed E-state index contributed by atoms with van der Waals surface area (Å²) in [5.74, 6) is 0. The maximum absolute atomic E-state index is 10.6. The van der Waals surface area contributed by atoms with Crippen LogP contribution in [0.3, 0.4) is 0 Å². The van der Waals surface area contributed by atoms with Gasteiger partial charge in [0.1, 0.15) is 0 Å². The van der Waals surface area contributed by atoms with Gasteiger partial charge in [0, 0.05) is 28.8 Å². The molecule has 2 aromatic carbocycles. The maximum Gasteiger partial charge on any atom is 0.274 e. The van der Waals surface area contributed by atoms with Crippen LogP contribution in [0.1, 0.15) is 16.7 Å². The molecule has 130 valence electrons. The lowest BCUT2D eigenvalue weighted by Gasteiger charge is -2.03. The number of nitrogens with two attached hydrogens (primary N) is 1. The highest BCUT2D eigenvalue weighted by atomic mass is 16.6. The summed E-state index contributed by atoms with van der Waals surface area (Å²) in [6, 6.07) is 6.30. The number of rotatable bonds is 2. The van der Waals surface area contributed by atoms with Crippen molar-refractivity contribution in [2.24, 2.45) is 0 Å². The number of nitro groups is 2. The lowest BCUT2D eigenvalue weighted by atomic mass is 10.1. The zero-order chi connectivity index (χ0) is 18.7. The third-order valence-corrected chi connectivity index (χ3v) is 3.95. The second-order valence-electron chi connectivity index (χ2n) is 5.50. The van der Waals surface area contributed by atoms with Gasteiger partial charge < -0.3 is 5.73 Å². The van der Waals surface area contributed by atoms with Gasteiger partial charge in [-0.15, -0.1) is 0 Å². The Morgan fingerprint density at radius 1 is 0.960 bits per heavy atom. The van der Waals surface area contributed by atoms with Crippen LogP contribution in [0, 0.1) is 41.0 Å². The number of aromatic nitrogens is 2. The molecule has 0 spiro atoms. The minimum absolute atomic E-state index is 0.0816. The summed E-state index contributed by atoms with van der Waals surface area (Å²) in [7, 11) is 0. The van der Waals surface area contributed by atoms with Crippen LogP contribution in [0.4, 0.5) is 17.1 Å². The fraction of sp³-hybridized carbons (Fsp3) is 0.188. The zero-order valence-corrected chi connectivity index (χ0v) is 13.9. The summed E-state index contributed by atoms with van der Waals surface area (Å²) in [4.78, 5) is 20.2. The number of nitrogens with zero attached hydrogens (tertiary/aromatic N) is 3. The Morgan fingerprint density at radius 2 is 1.52 bits per heavy atom. The molecule has 3 N–H and O–H groups in total. The van der Waals surface area contributed by atoms with Crippen molar-refractivity contribution < 1.29 is 9.85 Å². The number of fused-ring (bicyclic) bond motifs is 1. The van der Waals surface area contributed by atoms with Gasteiger partial charge in [0.2, 0.25) is 0 Å². The van der Waals surface area contributed by atoms with Crippen LogP contribution < -0.4 is 5.73 Å². The van der Waals surface area contributed by atoms with Crippen LogP contribution in [0.2, 0.25) is 0 Å². The number of nitro benzene ring substituents is 2. The molecule has 3 rings (SSSR count). The first kappa shape index (κ1) is 17.9. The minimum atomic E-state index is -0.425. The number of aromatic amines is 1. The number of hydrogen-bond donors (Lipinski definition) is 2. The molecule has 0 unspecified atom stereocenters. The van der Waals surface area contributed by atoms with E-state index >= 15 is 0 Å². The van der Waals surface area contributed by atoms with Gasteiger partial charge in [-0.25, -0.2) is 0 Å². The van der Waals surface area contributed by atoms with Crippen molar-refractivity contribution in [2.45, 2.75) is 20.8 Å². The highest BCUT2D eigenvalue weighted by Gasteiger charge is 2.14. The molecule has 0 amide bonds. The lowest BCUT2D eigenvalue weighted by molar-refractivity contribution is -0.385. The van der Waals surface area contributed by atoms with Gasteiger partial charge >= 0.3 is 0 Å². The predicted octanol–water partition coefficient (Wildman–Crippen LogP) is 3.57. The molecule has 0 aliphatic carbocycles. The third-order valence-electron chi connectivity index (χ3n) is 3.95. The topological polar surface area (TPSA) is 141 Å². The molecule has 0 bridgehead atoms. The van der Waals surface area contributed by atoms with Gasteiger partial charge in [-0.05, 0) is 32.4 Å². The number of aryl methyl sites for hydroxylation is 2. The van der Waals surface area contributed by atoms with Gasteiger partial charge in [0.05, 0.1) is 27.1 Å². The lowest BCUT2D eigenvalue weighted by Crippen LogP contribution is -1.98. The van der Waals surface area contributed by atoms with E-state index in [1.54, 1.807) is 32.2 Å². The normalized spacial score (nSPS) is 10.2. The van der Waals surface area contributed by atoms with E-state index in [1.165, 1.54) is 12.1 Å². The molecule has 3 aromatic rings. The van der Waals surface area contributed by atoms with Crippen molar-refractivity contribution in [1.29, 1.82) is 0 Å². The first-order chi connectivity index (χ1) is 11.7. The van der Waals surface area contributed by atoms with Crippen molar-refractivity contribution in [2.75, 3.05) is 5.73 Å². The van der Waals surface area contributed by atoms with Crippen molar-refractivity contribution >= 4 is 28.0 Å². The van der Waals surface area contributed by atoms with E-state index in [0.29, 0.717) is 16.8 Å². The van der Waals surface area contributed by atoms with Gasteiger partial charge in [-0.2, -0.15) is 5.10 Å². The highest BCUT2D eigenvalue weighted by molar-refractivity contribution is 5.84. The maximum atomic E-state index is 10.6. The van der Waals surface area contributed by atoms with E-state index in [4.69, 9.17) is 5.73 Å². The average molecular weight is 343 g/mol. The largest absolute Gasteiger partial charge is 0.398 e. The second kappa shape index (κ2) is 6.95. The molecule has 9 heteroatoms. The van der Waals surface area contributed by atoms with Crippen LogP contribution >= 0.6 is 0 Å². The van der Waals surface area contributed by atoms with E-state index < -0.39 is 9.85 Å². The van der Waals surface area contributed by atoms with E-state index in [0.717, 1.165) is 16.5 Å². The minimum Gasteiger partial charge on any atom is -0.398 e. The molecule has 0 aliphatic heterocycles. The van der Waals surface area contributed by atoms with E-state index in [9.17, 15) is 20.2 Å². The summed E-state index contributed by atoms with van der Waals surface area (Å²) in [5, 5.41) is 28.4. The van der Waals surface area contributed by atoms with Gasteiger partial charge in [0.15, 0.2) is 0 Å². The van der Waals surface area contributed by atoms with E-state index in [2.05, 4.69) is 10.2 Å². The van der Waals surface area contributed by atoms with Gasteiger partial charge in [0.25, 0.3) is 11.4 Å². The molecule has 9 nitrogen and oxygen atoms in total. The molecule has 0 aliphatic rings. The SMILES string of the molecule is Cc1c([N+](=O)[O-])ccc2cn[nH]c12.Cc1ccc([N+](=O)[O-])c(C)c1N. The van der Waals surface area contributed by atoms with Crippen LogP contribution in [0.5, 0.6) is 0 Å². The average Bonchev–Trinajstić information content (AvgIpc) is 3.02. The van der Waals surface area contributed by atoms with E-state index in [1.807, 2.05) is 6.92 Å². The van der Waals surface area contributed by atoms with Crippen molar-refractivity contribution in [3.05, 3.63) is 67.4 Å². The molecule has 0 saturated carbocycles. The van der Waals surface area contributed by atoms with Gasteiger partial charge in [-0.1, -0.05) is 6.07 Å².